The van der Waals surface area contributed by atoms with Gasteiger partial charge in [0, 0.05) is 12.1 Å². The molecule has 2 aromatic carbocycles. The number of hydrogen-bond donors (Lipinski definition) is 1. The first-order valence-electron chi connectivity index (χ1n) is 7.92. The maximum absolute atomic E-state index is 12.5. The summed E-state index contributed by atoms with van der Waals surface area (Å²) in [5, 5.41) is 2.66. The largest absolute Gasteiger partial charge is 0.497 e. The number of carbonyl (C=O) groups is 1. The predicted octanol–water partition coefficient (Wildman–Crippen LogP) is 2.12. The first kappa shape index (κ1) is 20.4. The van der Waals surface area contributed by atoms with E-state index < -0.39 is 22.5 Å². The molecule has 0 spiro atoms. The van der Waals surface area contributed by atoms with Crippen LogP contribution in [0.3, 0.4) is 0 Å². The Kier molecular flexibility index (Phi) is 6.51. The zero-order valence-corrected chi connectivity index (χ0v) is 16.4. The fourth-order valence-electron chi connectivity index (χ4n) is 2.40. The van der Waals surface area contributed by atoms with E-state index >= 15 is 0 Å². The molecule has 2 aromatic rings. The molecule has 0 bridgehead atoms. The summed E-state index contributed by atoms with van der Waals surface area (Å²) >= 11 is 0. The van der Waals surface area contributed by atoms with Gasteiger partial charge in [-0.15, -0.1) is 0 Å². The van der Waals surface area contributed by atoms with E-state index in [1.165, 1.54) is 21.3 Å². The smallest absolute Gasteiger partial charge is 0.245 e. The van der Waals surface area contributed by atoms with Crippen molar-refractivity contribution in [2.75, 3.05) is 43.8 Å². The zero-order valence-electron chi connectivity index (χ0n) is 15.6. The second-order valence-electron chi connectivity index (χ2n) is 5.59. The minimum Gasteiger partial charge on any atom is -0.497 e. The van der Waals surface area contributed by atoms with Crippen molar-refractivity contribution >= 4 is 27.3 Å². The summed E-state index contributed by atoms with van der Waals surface area (Å²) < 4.78 is 40.9. The van der Waals surface area contributed by atoms with Crippen LogP contribution in [0.1, 0.15) is 0 Å². The Hall–Kier alpha value is -2.94. The van der Waals surface area contributed by atoms with Gasteiger partial charge in [0.2, 0.25) is 15.9 Å². The van der Waals surface area contributed by atoms with Crippen molar-refractivity contribution in [1.29, 1.82) is 0 Å². The van der Waals surface area contributed by atoms with Crippen LogP contribution in [0.4, 0.5) is 11.4 Å². The van der Waals surface area contributed by atoms with Crippen LogP contribution in [0.15, 0.2) is 42.5 Å². The van der Waals surface area contributed by atoms with E-state index in [1.54, 1.807) is 42.5 Å². The van der Waals surface area contributed by atoms with Crippen LogP contribution in [0.2, 0.25) is 0 Å². The maximum Gasteiger partial charge on any atom is 0.245 e. The van der Waals surface area contributed by atoms with Gasteiger partial charge in [-0.3, -0.25) is 9.10 Å². The van der Waals surface area contributed by atoms with Crippen molar-refractivity contribution in [3.63, 3.8) is 0 Å². The van der Waals surface area contributed by atoms with Crippen LogP contribution >= 0.6 is 0 Å². The quantitative estimate of drug-likeness (QED) is 0.737. The van der Waals surface area contributed by atoms with Crippen molar-refractivity contribution in [1.82, 2.24) is 0 Å². The summed E-state index contributed by atoms with van der Waals surface area (Å²) in [7, 11) is 0.750. The molecule has 0 atom stereocenters. The number of ether oxygens (including phenoxy) is 3. The number of rotatable bonds is 8. The number of benzene rings is 2. The fraction of sp³-hybridized carbons (Fsp3) is 0.278. The van der Waals surface area contributed by atoms with Crippen LogP contribution in [0.25, 0.3) is 0 Å². The van der Waals surface area contributed by atoms with Crippen molar-refractivity contribution in [2.24, 2.45) is 0 Å². The highest BCUT2D eigenvalue weighted by molar-refractivity contribution is 7.92. The lowest BCUT2D eigenvalue weighted by Gasteiger charge is -2.22. The molecule has 0 radical (unpaired) electrons. The molecule has 2 rings (SSSR count). The molecule has 0 saturated heterocycles. The molecular formula is C18H22N2O6S. The minimum atomic E-state index is -3.70. The van der Waals surface area contributed by atoms with Gasteiger partial charge < -0.3 is 19.5 Å². The van der Waals surface area contributed by atoms with Crippen LogP contribution in [0.5, 0.6) is 17.2 Å². The summed E-state index contributed by atoms with van der Waals surface area (Å²) in [6.45, 7) is -0.410. The van der Waals surface area contributed by atoms with Gasteiger partial charge in [0.05, 0.1) is 39.0 Å². The molecule has 0 aromatic heterocycles. The molecule has 0 unspecified atom stereocenters. The zero-order chi connectivity index (χ0) is 20.0. The summed E-state index contributed by atoms with van der Waals surface area (Å²) in [5.74, 6) is 0.904. The van der Waals surface area contributed by atoms with Crippen molar-refractivity contribution in [3.05, 3.63) is 42.5 Å². The first-order valence-corrected chi connectivity index (χ1v) is 9.77. The second-order valence-corrected chi connectivity index (χ2v) is 7.49. The molecule has 27 heavy (non-hydrogen) atoms. The van der Waals surface area contributed by atoms with Crippen molar-refractivity contribution in [3.8, 4) is 17.2 Å². The van der Waals surface area contributed by atoms with Crippen LogP contribution in [0, 0.1) is 0 Å². The lowest BCUT2D eigenvalue weighted by Crippen LogP contribution is -2.37. The van der Waals surface area contributed by atoms with Gasteiger partial charge >= 0.3 is 0 Å². The van der Waals surface area contributed by atoms with E-state index in [0.29, 0.717) is 28.6 Å². The summed E-state index contributed by atoms with van der Waals surface area (Å²) in [6, 6.07) is 11.4. The van der Waals surface area contributed by atoms with Crippen LogP contribution in [-0.2, 0) is 14.8 Å². The standard InChI is InChI=1S/C18H22N2O6S/c1-24-14-7-5-6-13(10-14)20(27(4,22)23)12-18(21)19-16-11-15(25-2)8-9-17(16)26-3/h5-11H,12H2,1-4H3,(H,19,21). The molecule has 0 saturated carbocycles. The van der Waals surface area contributed by atoms with Crippen LogP contribution in [-0.4, -0.2) is 48.5 Å². The number of nitrogens with zero attached hydrogens (tertiary/aromatic N) is 1. The van der Waals surface area contributed by atoms with Gasteiger partial charge in [-0.2, -0.15) is 0 Å². The van der Waals surface area contributed by atoms with Gasteiger partial charge in [0.15, 0.2) is 0 Å². The van der Waals surface area contributed by atoms with E-state index in [0.717, 1.165) is 10.6 Å². The molecule has 0 aliphatic rings. The van der Waals surface area contributed by atoms with Gasteiger partial charge in [-0.25, -0.2) is 8.42 Å². The van der Waals surface area contributed by atoms with E-state index in [4.69, 9.17) is 14.2 Å². The lowest BCUT2D eigenvalue weighted by atomic mass is 10.2. The molecule has 1 N–H and O–H groups in total. The maximum atomic E-state index is 12.5. The van der Waals surface area contributed by atoms with Gasteiger partial charge in [-0.05, 0) is 24.3 Å². The first-order chi connectivity index (χ1) is 12.8. The van der Waals surface area contributed by atoms with E-state index in [1.807, 2.05) is 0 Å². The molecular weight excluding hydrogens is 372 g/mol. The number of nitrogens with one attached hydrogen (secondary N) is 1. The number of hydrogen-bond acceptors (Lipinski definition) is 6. The normalized spacial score (nSPS) is 10.8. The molecule has 0 aliphatic carbocycles. The third kappa shape index (κ3) is 5.27. The Balaban J connectivity index is 2.27. The van der Waals surface area contributed by atoms with Crippen molar-refractivity contribution < 1.29 is 27.4 Å². The average molecular weight is 394 g/mol. The summed E-state index contributed by atoms with van der Waals surface area (Å²) in [4.78, 5) is 12.5. The van der Waals surface area contributed by atoms with Gasteiger partial charge in [-0.1, -0.05) is 6.07 Å². The Morgan fingerprint density at radius 1 is 1.00 bits per heavy atom. The average Bonchev–Trinajstić information content (AvgIpc) is 2.65. The highest BCUT2D eigenvalue weighted by Crippen LogP contribution is 2.29. The lowest BCUT2D eigenvalue weighted by molar-refractivity contribution is -0.114. The number of carbonyl (C=O) groups excluding carboxylic acids is 1. The molecule has 0 aliphatic heterocycles. The Labute approximate surface area is 158 Å². The van der Waals surface area contributed by atoms with E-state index in [-0.39, 0.29) is 0 Å². The fourth-order valence-corrected chi connectivity index (χ4v) is 3.25. The Bertz CT molecular complexity index is 914. The van der Waals surface area contributed by atoms with Gasteiger partial charge in [0.1, 0.15) is 23.8 Å². The monoisotopic (exact) mass is 394 g/mol. The Morgan fingerprint density at radius 2 is 1.67 bits per heavy atom. The molecule has 0 fully saturated rings. The molecule has 8 nitrogen and oxygen atoms in total. The molecule has 1 amide bonds. The molecule has 9 heteroatoms. The van der Waals surface area contributed by atoms with Crippen LogP contribution < -0.4 is 23.8 Å². The van der Waals surface area contributed by atoms with E-state index in [9.17, 15) is 13.2 Å². The van der Waals surface area contributed by atoms with Crippen molar-refractivity contribution in [2.45, 2.75) is 0 Å². The number of anilines is 2. The molecule has 146 valence electrons. The third-order valence-electron chi connectivity index (χ3n) is 3.71. The van der Waals surface area contributed by atoms with E-state index in [2.05, 4.69) is 5.32 Å². The molecule has 0 heterocycles. The highest BCUT2D eigenvalue weighted by atomic mass is 32.2. The summed E-state index contributed by atoms with van der Waals surface area (Å²) in [5.41, 5.74) is 0.700. The predicted molar refractivity (Wildman–Crippen MR) is 103 cm³/mol. The third-order valence-corrected chi connectivity index (χ3v) is 4.85. The topological polar surface area (TPSA) is 94.2 Å². The summed E-state index contributed by atoms with van der Waals surface area (Å²) in [6.07, 6.45) is 1.03. The number of methoxy groups -OCH3 is 3. The second kappa shape index (κ2) is 8.63. The number of sulfonamides is 1. The highest BCUT2D eigenvalue weighted by Gasteiger charge is 2.22. The van der Waals surface area contributed by atoms with Gasteiger partial charge in [0.25, 0.3) is 0 Å². The minimum absolute atomic E-state index is 0.324. The SMILES string of the molecule is COc1cccc(N(CC(=O)Nc2cc(OC)ccc2OC)S(C)(=O)=O)c1. The number of amides is 1. The Morgan fingerprint density at radius 3 is 2.26 bits per heavy atom.